The highest BCUT2D eigenvalue weighted by molar-refractivity contribution is 5.92. The third-order valence-electron chi connectivity index (χ3n) is 6.84. The smallest absolute Gasteiger partial charge is 0.408 e. The lowest BCUT2D eigenvalue weighted by Crippen LogP contribution is -2.61. The van der Waals surface area contributed by atoms with Crippen molar-refractivity contribution in [1.29, 1.82) is 5.26 Å². The number of hydrogen-bond donors (Lipinski definition) is 2. The van der Waals surface area contributed by atoms with E-state index in [2.05, 4.69) is 16.7 Å². The minimum Gasteiger partial charge on any atom is -0.493 e. The van der Waals surface area contributed by atoms with Crippen LogP contribution in [-0.2, 0) is 14.3 Å². The van der Waals surface area contributed by atoms with Crippen molar-refractivity contribution in [1.82, 2.24) is 20.4 Å². The van der Waals surface area contributed by atoms with E-state index in [1.165, 1.54) is 0 Å². The van der Waals surface area contributed by atoms with Crippen LogP contribution >= 0.6 is 0 Å². The topological polar surface area (TPSA) is 124 Å². The number of rotatable bonds is 4. The van der Waals surface area contributed by atoms with E-state index in [0.717, 1.165) is 11.3 Å². The van der Waals surface area contributed by atoms with Gasteiger partial charge in [0.1, 0.15) is 23.4 Å². The number of para-hydroxylation sites is 1. The van der Waals surface area contributed by atoms with Gasteiger partial charge >= 0.3 is 6.09 Å². The molecule has 36 heavy (non-hydrogen) atoms. The number of hydrogen-bond acceptors (Lipinski definition) is 7. The summed E-state index contributed by atoms with van der Waals surface area (Å²) in [5.74, 6) is 0.247. The van der Waals surface area contributed by atoms with Crippen LogP contribution in [0.1, 0.15) is 58.1 Å². The molecule has 0 radical (unpaired) electrons. The molecule has 194 valence electrons. The number of carbonyl (C=O) groups is 3. The van der Waals surface area contributed by atoms with E-state index in [1.54, 1.807) is 25.7 Å². The second kappa shape index (κ2) is 10.7. The molecule has 1 aromatic rings. The van der Waals surface area contributed by atoms with Crippen LogP contribution in [0.4, 0.5) is 4.79 Å². The second-order valence-electron chi connectivity index (χ2n) is 10.6. The van der Waals surface area contributed by atoms with Crippen molar-refractivity contribution in [2.45, 2.75) is 76.2 Å². The van der Waals surface area contributed by atoms with Gasteiger partial charge in [-0.05, 0) is 46.1 Å². The van der Waals surface area contributed by atoms with E-state index >= 15 is 0 Å². The Kier molecular flexibility index (Phi) is 7.69. The van der Waals surface area contributed by atoms with E-state index in [9.17, 15) is 19.6 Å². The normalized spacial score (nSPS) is 26.4. The monoisotopic (exact) mass is 497 g/mol. The summed E-state index contributed by atoms with van der Waals surface area (Å²) in [5, 5.41) is 15.1. The van der Waals surface area contributed by atoms with Crippen LogP contribution in [0.15, 0.2) is 24.3 Å². The molecule has 0 unspecified atom stereocenters. The fraction of sp³-hybridized carbons (Fsp3) is 0.615. The van der Waals surface area contributed by atoms with Crippen molar-refractivity contribution in [3.63, 3.8) is 0 Å². The Morgan fingerprint density at radius 2 is 1.92 bits per heavy atom. The molecule has 3 aliphatic rings. The number of ether oxygens (including phenoxy) is 2. The van der Waals surface area contributed by atoms with Gasteiger partial charge in [0.25, 0.3) is 0 Å². The molecular weight excluding hydrogens is 462 g/mol. The molecule has 4 atom stereocenters. The van der Waals surface area contributed by atoms with E-state index in [4.69, 9.17) is 9.47 Å². The van der Waals surface area contributed by atoms with Gasteiger partial charge in [0.15, 0.2) is 0 Å². The van der Waals surface area contributed by atoms with Crippen molar-refractivity contribution in [3.05, 3.63) is 29.8 Å². The summed E-state index contributed by atoms with van der Waals surface area (Å²) in [4.78, 5) is 43.3. The van der Waals surface area contributed by atoms with Gasteiger partial charge in [-0.3, -0.25) is 14.5 Å². The highest BCUT2D eigenvalue weighted by Gasteiger charge is 2.45. The number of nitrogens with zero attached hydrogens (tertiary/aromatic N) is 3. The number of alkyl carbamates (subject to hydrolysis) is 1. The lowest BCUT2D eigenvalue weighted by Gasteiger charge is -2.38. The van der Waals surface area contributed by atoms with Gasteiger partial charge in [-0.25, -0.2) is 4.79 Å². The zero-order valence-electron chi connectivity index (χ0n) is 21.2. The van der Waals surface area contributed by atoms with Gasteiger partial charge in [-0.2, -0.15) is 5.26 Å². The van der Waals surface area contributed by atoms with Crippen LogP contribution in [-0.4, -0.2) is 77.7 Å². The van der Waals surface area contributed by atoms with Crippen molar-refractivity contribution in [3.8, 4) is 11.8 Å². The Morgan fingerprint density at radius 3 is 2.67 bits per heavy atom. The van der Waals surface area contributed by atoms with Gasteiger partial charge < -0.3 is 25.0 Å². The number of amides is 3. The fourth-order valence-electron chi connectivity index (χ4n) is 5.26. The Morgan fingerprint density at radius 1 is 1.14 bits per heavy atom. The molecule has 0 spiro atoms. The van der Waals surface area contributed by atoms with Gasteiger partial charge in [-0.15, -0.1) is 0 Å². The predicted octanol–water partition coefficient (Wildman–Crippen LogP) is 2.11. The van der Waals surface area contributed by atoms with Gasteiger partial charge in [0.2, 0.25) is 11.8 Å². The highest BCUT2D eigenvalue weighted by atomic mass is 16.6. The third kappa shape index (κ3) is 5.90. The molecule has 3 amide bonds. The van der Waals surface area contributed by atoms with Crippen molar-refractivity contribution in [2.75, 3.05) is 26.2 Å². The first kappa shape index (κ1) is 25.8. The fourth-order valence-corrected chi connectivity index (χ4v) is 5.26. The Hall–Kier alpha value is -3.32. The molecule has 3 heterocycles. The zero-order chi connectivity index (χ0) is 25.9. The molecule has 0 aliphatic carbocycles. The SMILES string of the molecule is CC(C)(C)OC(=O)N[C@H]1CN(CC#N)CC[C@H]2CC[C@@H](C(=O)N[C@@H]3CCOc4ccccc43)N2C1=O. The molecule has 10 heteroatoms. The van der Waals surface area contributed by atoms with Crippen LogP contribution < -0.4 is 15.4 Å². The summed E-state index contributed by atoms with van der Waals surface area (Å²) in [6.45, 7) is 6.68. The summed E-state index contributed by atoms with van der Waals surface area (Å²) >= 11 is 0. The van der Waals surface area contributed by atoms with E-state index in [-0.39, 0.29) is 37.0 Å². The minimum absolute atomic E-state index is 0.139. The van der Waals surface area contributed by atoms with Crippen molar-refractivity contribution in [2.24, 2.45) is 0 Å². The molecular formula is C26H35N5O5. The minimum atomic E-state index is -0.923. The Balaban J connectivity index is 1.52. The van der Waals surface area contributed by atoms with Crippen LogP contribution in [0.5, 0.6) is 5.75 Å². The van der Waals surface area contributed by atoms with E-state index in [1.807, 2.05) is 29.2 Å². The second-order valence-corrected chi connectivity index (χ2v) is 10.6. The summed E-state index contributed by atoms with van der Waals surface area (Å²) < 4.78 is 11.1. The predicted molar refractivity (Wildman–Crippen MR) is 131 cm³/mol. The molecule has 2 fully saturated rings. The molecule has 3 aliphatic heterocycles. The molecule has 4 rings (SSSR count). The number of benzene rings is 1. The summed E-state index contributed by atoms with van der Waals surface area (Å²) in [5.41, 5.74) is 0.210. The number of nitriles is 1. The highest BCUT2D eigenvalue weighted by Crippen LogP contribution is 2.33. The van der Waals surface area contributed by atoms with Crippen LogP contribution in [0.2, 0.25) is 0 Å². The average Bonchev–Trinajstić information content (AvgIpc) is 3.23. The Labute approximate surface area is 211 Å². The molecule has 0 saturated carbocycles. The summed E-state index contributed by atoms with van der Waals surface area (Å²) in [7, 11) is 0. The van der Waals surface area contributed by atoms with Crippen LogP contribution in [0, 0.1) is 11.3 Å². The lowest BCUT2D eigenvalue weighted by molar-refractivity contribution is -0.143. The molecule has 2 saturated heterocycles. The van der Waals surface area contributed by atoms with E-state index < -0.39 is 23.8 Å². The molecule has 1 aromatic carbocycles. The maximum Gasteiger partial charge on any atom is 0.408 e. The standard InChI is InChI=1S/C26H35N5O5/c1-26(2,3)36-25(34)29-20-16-30(14-12-27)13-10-17-8-9-21(31(17)24(20)33)23(32)28-19-11-15-35-22-7-5-4-6-18(19)22/h4-7,17,19-21H,8-11,13-16H2,1-3H3,(H,28,32)(H,29,34)/t17-,19-,20+,21+/m1/s1. The van der Waals surface area contributed by atoms with Crippen LogP contribution in [0.25, 0.3) is 0 Å². The Bertz CT molecular complexity index is 1030. The first-order valence-electron chi connectivity index (χ1n) is 12.6. The number of carbonyl (C=O) groups excluding carboxylic acids is 3. The van der Waals surface area contributed by atoms with Crippen LogP contribution in [0.3, 0.4) is 0 Å². The van der Waals surface area contributed by atoms with Crippen molar-refractivity contribution < 1.29 is 23.9 Å². The first-order chi connectivity index (χ1) is 17.2. The van der Waals surface area contributed by atoms with Gasteiger partial charge in [-0.1, -0.05) is 18.2 Å². The van der Waals surface area contributed by atoms with Gasteiger partial charge in [0, 0.05) is 31.1 Å². The molecule has 0 bridgehead atoms. The summed E-state index contributed by atoms with van der Waals surface area (Å²) in [6, 6.07) is 7.92. The van der Waals surface area contributed by atoms with E-state index in [0.29, 0.717) is 38.8 Å². The molecule has 2 N–H and O–H groups in total. The number of fused-ring (bicyclic) bond motifs is 2. The first-order valence-corrected chi connectivity index (χ1v) is 12.6. The molecule has 10 nitrogen and oxygen atoms in total. The molecule has 0 aromatic heterocycles. The maximum atomic E-state index is 13.8. The average molecular weight is 498 g/mol. The lowest BCUT2D eigenvalue weighted by atomic mass is 10.00. The van der Waals surface area contributed by atoms with Crippen molar-refractivity contribution >= 4 is 17.9 Å². The maximum absolute atomic E-state index is 13.8. The summed E-state index contributed by atoms with van der Waals surface area (Å²) in [6.07, 6.45) is 1.85. The van der Waals surface area contributed by atoms with Gasteiger partial charge in [0.05, 0.1) is 25.3 Å². The third-order valence-corrected chi connectivity index (χ3v) is 6.84. The zero-order valence-corrected chi connectivity index (χ0v) is 21.2. The number of nitrogens with one attached hydrogen (secondary N) is 2. The quantitative estimate of drug-likeness (QED) is 0.611. The largest absolute Gasteiger partial charge is 0.493 e.